The normalized spacial score (nSPS) is 22.8. The molecule has 0 unspecified atom stereocenters. The van der Waals surface area contributed by atoms with Crippen LogP contribution in [0.2, 0.25) is 0 Å². The van der Waals surface area contributed by atoms with E-state index in [0.717, 1.165) is 47.9 Å². The molecule has 0 aromatic heterocycles. The maximum atomic E-state index is 11.4. The number of aromatic hydroxyl groups is 2. The van der Waals surface area contributed by atoms with E-state index in [-0.39, 0.29) is 21.7 Å². The second kappa shape index (κ2) is 11.1. The molecule has 0 spiro atoms. The van der Waals surface area contributed by atoms with Crippen LogP contribution in [0.3, 0.4) is 0 Å². The number of benzene rings is 2. The van der Waals surface area contributed by atoms with Crippen LogP contribution >= 0.6 is 0 Å². The Bertz CT molecular complexity index is 1250. The molecule has 3 rings (SSSR count). The molecular formula is C38H58N2O2. The standard InChI is InChI=1S/C38H58N2O2/c1-33(2,3)27-19-25(31(41)29(21-27)35(7,8)9)23-39-37(13)17-15-16-18-38(37,14)40-24-26-20-28(34(4,5)6)22-30(32(26)42)36(10,11)12/h19-24,41-42H,15-18H2,1-14H3/t37-,38-/m1/s1. The van der Waals surface area contributed by atoms with E-state index < -0.39 is 11.1 Å². The molecule has 4 nitrogen and oxygen atoms in total. The molecule has 0 amide bonds. The average Bonchev–Trinajstić information content (AvgIpc) is 2.82. The summed E-state index contributed by atoms with van der Waals surface area (Å²) in [5.41, 5.74) is 4.34. The number of phenols is 2. The van der Waals surface area contributed by atoms with Gasteiger partial charge in [-0.1, -0.05) is 108 Å². The van der Waals surface area contributed by atoms with Crippen molar-refractivity contribution in [2.45, 2.75) is 155 Å². The van der Waals surface area contributed by atoms with E-state index in [2.05, 4.69) is 121 Å². The number of aliphatic imine (C=N–C) groups is 2. The number of rotatable bonds is 4. The fourth-order valence-corrected chi connectivity index (χ4v) is 5.83. The lowest BCUT2D eigenvalue weighted by Gasteiger charge is -2.45. The van der Waals surface area contributed by atoms with Crippen molar-refractivity contribution in [2.24, 2.45) is 9.98 Å². The Morgan fingerprint density at radius 2 is 0.857 bits per heavy atom. The first-order valence-corrected chi connectivity index (χ1v) is 15.8. The topological polar surface area (TPSA) is 65.2 Å². The van der Waals surface area contributed by atoms with Gasteiger partial charge in [0.15, 0.2) is 0 Å². The van der Waals surface area contributed by atoms with Crippen LogP contribution in [0.25, 0.3) is 0 Å². The van der Waals surface area contributed by atoms with Crippen molar-refractivity contribution in [1.82, 2.24) is 0 Å². The van der Waals surface area contributed by atoms with Crippen LogP contribution < -0.4 is 0 Å². The zero-order valence-corrected chi connectivity index (χ0v) is 29.1. The Kier molecular flexibility index (Phi) is 8.99. The van der Waals surface area contributed by atoms with Gasteiger partial charge in [0.2, 0.25) is 0 Å². The van der Waals surface area contributed by atoms with E-state index in [1.807, 2.05) is 12.4 Å². The molecule has 1 saturated carbocycles. The molecule has 0 bridgehead atoms. The summed E-state index contributed by atoms with van der Waals surface area (Å²) in [5.74, 6) is 0.616. The van der Waals surface area contributed by atoms with Gasteiger partial charge in [0.1, 0.15) is 11.5 Å². The molecule has 2 N–H and O–H groups in total. The molecule has 0 saturated heterocycles. The van der Waals surface area contributed by atoms with Crippen molar-refractivity contribution in [1.29, 1.82) is 0 Å². The van der Waals surface area contributed by atoms with Crippen molar-refractivity contribution >= 4 is 12.4 Å². The summed E-state index contributed by atoms with van der Waals surface area (Å²) >= 11 is 0. The summed E-state index contributed by atoms with van der Waals surface area (Å²) in [6.45, 7) is 30.4. The summed E-state index contributed by atoms with van der Waals surface area (Å²) in [6, 6.07) is 8.47. The van der Waals surface area contributed by atoms with Crippen molar-refractivity contribution in [3.8, 4) is 11.5 Å². The largest absolute Gasteiger partial charge is 0.507 e. The molecule has 1 aliphatic carbocycles. The van der Waals surface area contributed by atoms with Gasteiger partial charge in [-0.3, -0.25) is 9.98 Å². The van der Waals surface area contributed by atoms with Crippen LogP contribution in [-0.2, 0) is 21.7 Å². The number of phenolic OH excluding ortho intramolecular Hbond substituents is 2. The molecule has 42 heavy (non-hydrogen) atoms. The fourth-order valence-electron chi connectivity index (χ4n) is 5.83. The lowest BCUT2D eigenvalue weighted by Crippen LogP contribution is -2.49. The van der Waals surface area contributed by atoms with Crippen LogP contribution in [0.1, 0.15) is 156 Å². The second-order valence-electron chi connectivity index (χ2n) is 17.2. The molecule has 1 fully saturated rings. The number of hydrogen-bond acceptors (Lipinski definition) is 4. The van der Waals surface area contributed by atoms with Crippen LogP contribution in [0.5, 0.6) is 11.5 Å². The molecule has 2 atom stereocenters. The molecule has 0 aliphatic heterocycles. The second-order valence-corrected chi connectivity index (χ2v) is 17.2. The quantitative estimate of drug-likeness (QED) is 0.357. The van der Waals surface area contributed by atoms with Gasteiger partial charge in [0, 0.05) is 34.7 Å². The lowest BCUT2D eigenvalue weighted by atomic mass is 9.69. The Hall–Kier alpha value is -2.62. The monoisotopic (exact) mass is 574 g/mol. The highest BCUT2D eigenvalue weighted by atomic mass is 16.3. The van der Waals surface area contributed by atoms with Gasteiger partial charge in [-0.2, -0.15) is 0 Å². The summed E-state index contributed by atoms with van der Waals surface area (Å²) < 4.78 is 0. The van der Waals surface area contributed by atoms with Gasteiger partial charge in [0.25, 0.3) is 0 Å². The predicted molar refractivity (Wildman–Crippen MR) is 181 cm³/mol. The van der Waals surface area contributed by atoms with Gasteiger partial charge in [0.05, 0.1) is 11.1 Å². The third kappa shape index (κ3) is 7.12. The third-order valence-electron chi connectivity index (χ3n) is 9.34. The van der Waals surface area contributed by atoms with E-state index in [0.29, 0.717) is 11.5 Å². The Morgan fingerprint density at radius 3 is 1.12 bits per heavy atom. The first-order valence-electron chi connectivity index (χ1n) is 15.8. The first-order chi connectivity index (χ1) is 18.9. The predicted octanol–water partition coefficient (Wildman–Crippen LogP) is 9.92. The Labute approximate surface area is 256 Å². The first kappa shape index (κ1) is 33.9. The van der Waals surface area contributed by atoms with Crippen LogP contribution in [-0.4, -0.2) is 33.7 Å². The third-order valence-corrected chi connectivity index (χ3v) is 9.34. The SMILES string of the molecule is CC(C)(C)c1cc(C=N[C@]2(C)CCCC[C@@]2(C)N=Cc2cc(C(C)(C)C)cc(C(C)(C)C)c2O)c(O)c(C(C)(C)C)c1. The van der Waals surface area contributed by atoms with E-state index in [9.17, 15) is 10.2 Å². The number of hydrogen-bond donors (Lipinski definition) is 2. The van der Waals surface area contributed by atoms with Gasteiger partial charge in [-0.05, 0) is 71.6 Å². The molecule has 232 valence electrons. The highest BCUT2D eigenvalue weighted by Crippen LogP contribution is 2.44. The number of nitrogens with zero attached hydrogens (tertiary/aromatic N) is 2. The summed E-state index contributed by atoms with van der Waals surface area (Å²) in [4.78, 5) is 10.5. The maximum Gasteiger partial charge on any atom is 0.128 e. The minimum Gasteiger partial charge on any atom is -0.507 e. The van der Waals surface area contributed by atoms with Crippen LogP contribution in [0.15, 0.2) is 34.3 Å². The highest BCUT2D eigenvalue weighted by molar-refractivity contribution is 5.86. The Balaban J connectivity index is 2.12. The van der Waals surface area contributed by atoms with E-state index in [4.69, 9.17) is 9.98 Å². The fraction of sp³-hybridized carbons (Fsp3) is 0.632. The van der Waals surface area contributed by atoms with E-state index in [1.54, 1.807) is 0 Å². The lowest BCUT2D eigenvalue weighted by molar-refractivity contribution is 0.188. The van der Waals surface area contributed by atoms with Crippen molar-refractivity contribution in [3.05, 3.63) is 57.6 Å². The van der Waals surface area contributed by atoms with Crippen molar-refractivity contribution < 1.29 is 10.2 Å². The smallest absolute Gasteiger partial charge is 0.128 e. The molecule has 2 aromatic rings. The molecule has 2 aromatic carbocycles. The maximum absolute atomic E-state index is 11.4. The van der Waals surface area contributed by atoms with Gasteiger partial charge < -0.3 is 10.2 Å². The van der Waals surface area contributed by atoms with Gasteiger partial charge >= 0.3 is 0 Å². The molecular weight excluding hydrogens is 516 g/mol. The molecule has 0 heterocycles. The minimum absolute atomic E-state index is 0.0562. The molecule has 0 radical (unpaired) electrons. The average molecular weight is 575 g/mol. The van der Waals surface area contributed by atoms with Gasteiger partial charge in [-0.25, -0.2) is 0 Å². The Morgan fingerprint density at radius 1 is 0.548 bits per heavy atom. The van der Waals surface area contributed by atoms with Crippen molar-refractivity contribution in [2.75, 3.05) is 0 Å². The minimum atomic E-state index is -0.460. The summed E-state index contributed by atoms with van der Waals surface area (Å²) in [5, 5.41) is 22.8. The zero-order valence-electron chi connectivity index (χ0n) is 29.1. The molecule has 1 aliphatic rings. The van der Waals surface area contributed by atoms with Crippen LogP contribution in [0, 0.1) is 0 Å². The van der Waals surface area contributed by atoms with E-state index in [1.165, 1.54) is 11.1 Å². The molecule has 4 heteroatoms. The van der Waals surface area contributed by atoms with Gasteiger partial charge in [-0.15, -0.1) is 0 Å². The van der Waals surface area contributed by atoms with E-state index >= 15 is 0 Å². The summed E-state index contributed by atoms with van der Waals surface area (Å²) in [7, 11) is 0. The van der Waals surface area contributed by atoms with Crippen LogP contribution in [0.4, 0.5) is 0 Å². The van der Waals surface area contributed by atoms with Crippen molar-refractivity contribution in [3.63, 3.8) is 0 Å². The highest BCUT2D eigenvalue weighted by Gasteiger charge is 2.46. The zero-order chi connectivity index (χ0) is 32.1. The summed E-state index contributed by atoms with van der Waals surface area (Å²) in [6.07, 6.45) is 7.75.